The van der Waals surface area contributed by atoms with Crippen LogP contribution < -0.4 is 10.6 Å². The number of benzene rings is 1. The Morgan fingerprint density at radius 1 is 1.50 bits per heavy atom. The standard InChI is InChI=1S/C15H17N3O2/c1-15(6-3-7-17-15)14(19)18-12-5-2-4-11(8-12)13-9-16-10-20-13/h2,4-5,8-10,17H,3,6-7H2,1H3,(H,18,19). The zero-order valence-electron chi connectivity index (χ0n) is 11.3. The van der Waals surface area contributed by atoms with Crippen LogP contribution in [0.15, 0.2) is 41.3 Å². The lowest BCUT2D eigenvalue weighted by Crippen LogP contribution is -2.47. The predicted octanol–water partition coefficient (Wildman–Crippen LogP) is 2.42. The molecule has 0 radical (unpaired) electrons. The van der Waals surface area contributed by atoms with Crippen LogP contribution in [0.1, 0.15) is 19.8 Å². The topological polar surface area (TPSA) is 67.2 Å². The number of nitrogens with one attached hydrogen (secondary N) is 2. The van der Waals surface area contributed by atoms with E-state index in [1.807, 2.05) is 31.2 Å². The van der Waals surface area contributed by atoms with Gasteiger partial charge in [-0.3, -0.25) is 4.79 Å². The molecule has 1 amide bonds. The van der Waals surface area contributed by atoms with Crippen molar-refractivity contribution < 1.29 is 9.21 Å². The van der Waals surface area contributed by atoms with Crippen molar-refractivity contribution in [3.05, 3.63) is 36.9 Å². The van der Waals surface area contributed by atoms with E-state index in [1.54, 1.807) is 6.20 Å². The molecule has 1 aromatic heterocycles. The average Bonchev–Trinajstić information content (AvgIpc) is 3.11. The molecule has 1 aliphatic heterocycles. The monoisotopic (exact) mass is 271 g/mol. The first kappa shape index (κ1) is 12.9. The van der Waals surface area contributed by atoms with E-state index in [9.17, 15) is 4.79 Å². The van der Waals surface area contributed by atoms with Gasteiger partial charge in [-0.2, -0.15) is 0 Å². The first-order valence-electron chi connectivity index (χ1n) is 6.73. The summed E-state index contributed by atoms with van der Waals surface area (Å²) in [4.78, 5) is 16.2. The summed E-state index contributed by atoms with van der Waals surface area (Å²) in [5, 5.41) is 6.22. The quantitative estimate of drug-likeness (QED) is 0.899. The summed E-state index contributed by atoms with van der Waals surface area (Å²) >= 11 is 0. The first-order valence-corrected chi connectivity index (χ1v) is 6.73. The van der Waals surface area contributed by atoms with Crippen LogP contribution in [0.4, 0.5) is 5.69 Å². The predicted molar refractivity (Wildman–Crippen MR) is 76.2 cm³/mol. The fourth-order valence-corrected chi connectivity index (χ4v) is 2.47. The van der Waals surface area contributed by atoms with Crippen molar-refractivity contribution in [3.8, 4) is 11.3 Å². The molecular formula is C15H17N3O2. The molecule has 2 heterocycles. The summed E-state index contributed by atoms with van der Waals surface area (Å²) in [5.74, 6) is 0.691. The van der Waals surface area contributed by atoms with Crippen molar-refractivity contribution in [2.75, 3.05) is 11.9 Å². The molecule has 20 heavy (non-hydrogen) atoms. The maximum atomic E-state index is 12.3. The van der Waals surface area contributed by atoms with Crippen molar-refractivity contribution in [2.45, 2.75) is 25.3 Å². The van der Waals surface area contributed by atoms with Gasteiger partial charge in [0.25, 0.3) is 0 Å². The molecule has 0 saturated carbocycles. The molecular weight excluding hydrogens is 254 g/mol. The highest BCUT2D eigenvalue weighted by molar-refractivity contribution is 5.98. The minimum Gasteiger partial charge on any atom is -0.444 e. The van der Waals surface area contributed by atoms with Gasteiger partial charge in [0.1, 0.15) is 0 Å². The van der Waals surface area contributed by atoms with Gasteiger partial charge in [-0.05, 0) is 38.4 Å². The van der Waals surface area contributed by atoms with Crippen LogP contribution in [-0.4, -0.2) is 23.0 Å². The van der Waals surface area contributed by atoms with Crippen LogP contribution in [-0.2, 0) is 4.79 Å². The molecule has 2 N–H and O–H groups in total. The fraction of sp³-hybridized carbons (Fsp3) is 0.333. The molecule has 5 heteroatoms. The average molecular weight is 271 g/mol. The van der Waals surface area contributed by atoms with E-state index >= 15 is 0 Å². The molecule has 0 spiro atoms. The molecule has 1 atom stereocenters. The lowest BCUT2D eigenvalue weighted by atomic mass is 9.99. The lowest BCUT2D eigenvalue weighted by molar-refractivity contribution is -0.121. The Kier molecular flexibility index (Phi) is 3.28. The lowest BCUT2D eigenvalue weighted by Gasteiger charge is -2.23. The number of anilines is 1. The highest BCUT2D eigenvalue weighted by atomic mass is 16.3. The number of hydrogen-bond acceptors (Lipinski definition) is 4. The molecule has 104 valence electrons. The molecule has 1 aromatic carbocycles. The van der Waals surface area contributed by atoms with Crippen LogP contribution in [0, 0.1) is 0 Å². The van der Waals surface area contributed by atoms with E-state index in [2.05, 4.69) is 15.6 Å². The second-order valence-electron chi connectivity index (χ2n) is 5.26. The van der Waals surface area contributed by atoms with Gasteiger partial charge in [0.15, 0.2) is 12.2 Å². The third-order valence-corrected chi connectivity index (χ3v) is 3.71. The number of carbonyl (C=O) groups excluding carboxylic acids is 1. The zero-order chi connectivity index (χ0) is 14.0. The van der Waals surface area contributed by atoms with Gasteiger partial charge in [0.2, 0.25) is 5.91 Å². The third kappa shape index (κ3) is 2.44. The fourth-order valence-electron chi connectivity index (χ4n) is 2.47. The number of aromatic nitrogens is 1. The van der Waals surface area contributed by atoms with Crippen molar-refractivity contribution >= 4 is 11.6 Å². The van der Waals surface area contributed by atoms with E-state index in [4.69, 9.17) is 4.42 Å². The highest BCUT2D eigenvalue weighted by Crippen LogP contribution is 2.24. The Bertz CT molecular complexity index is 601. The van der Waals surface area contributed by atoms with E-state index in [-0.39, 0.29) is 5.91 Å². The number of carbonyl (C=O) groups is 1. The summed E-state index contributed by atoms with van der Waals surface area (Å²) in [6, 6.07) is 7.57. The van der Waals surface area contributed by atoms with Crippen LogP contribution in [0.3, 0.4) is 0 Å². The van der Waals surface area contributed by atoms with Gasteiger partial charge < -0.3 is 15.1 Å². The van der Waals surface area contributed by atoms with Gasteiger partial charge in [-0.1, -0.05) is 12.1 Å². The van der Waals surface area contributed by atoms with E-state index in [1.165, 1.54) is 6.39 Å². The Balaban J connectivity index is 1.78. The van der Waals surface area contributed by atoms with Gasteiger partial charge in [-0.25, -0.2) is 4.98 Å². The molecule has 1 unspecified atom stereocenters. The van der Waals surface area contributed by atoms with Crippen molar-refractivity contribution in [1.29, 1.82) is 0 Å². The van der Waals surface area contributed by atoms with E-state index in [0.29, 0.717) is 5.76 Å². The van der Waals surface area contributed by atoms with Crippen molar-refractivity contribution in [3.63, 3.8) is 0 Å². The minimum absolute atomic E-state index is 0.00437. The summed E-state index contributed by atoms with van der Waals surface area (Å²) in [6.07, 6.45) is 4.94. The normalized spacial score (nSPS) is 21.9. The SMILES string of the molecule is CC1(C(=O)Nc2cccc(-c3cnco3)c2)CCCN1. The largest absolute Gasteiger partial charge is 0.444 e. The number of rotatable bonds is 3. The summed E-state index contributed by atoms with van der Waals surface area (Å²) in [7, 11) is 0. The van der Waals surface area contributed by atoms with Crippen molar-refractivity contribution in [1.82, 2.24) is 10.3 Å². The van der Waals surface area contributed by atoms with Gasteiger partial charge in [0.05, 0.1) is 11.7 Å². The first-order chi connectivity index (χ1) is 9.67. The van der Waals surface area contributed by atoms with Gasteiger partial charge >= 0.3 is 0 Å². The zero-order valence-corrected chi connectivity index (χ0v) is 11.3. The van der Waals surface area contributed by atoms with E-state index < -0.39 is 5.54 Å². The van der Waals surface area contributed by atoms with Crippen LogP contribution in [0.25, 0.3) is 11.3 Å². The number of amides is 1. The summed E-state index contributed by atoms with van der Waals surface area (Å²) < 4.78 is 5.26. The molecule has 5 nitrogen and oxygen atoms in total. The van der Waals surface area contributed by atoms with Crippen LogP contribution in [0.5, 0.6) is 0 Å². The summed E-state index contributed by atoms with van der Waals surface area (Å²) in [5.41, 5.74) is 1.19. The molecule has 1 fully saturated rings. The summed E-state index contributed by atoms with van der Waals surface area (Å²) in [6.45, 7) is 2.83. The Labute approximate surface area is 117 Å². The maximum absolute atomic E-state index is 12.3. The number of nitrogens with zero attached hydrogens (tertiary/aromatic N) is 1. The van der Waals surface area contributed by atoms with E-state index in [0.717, 1.165) is 30.6 Å². The molecule has 3 rings (SSSR count). The third-order valence-electron chi connectivity index (χ3n) is 3.71. The Hall–Kier alpha value is -2.14. The molecule has 1 saturated heterocycles. The number of oxazole rings is 1. The molecule has 1 aliphatic rings. The smallest absolute Gasteiger partial charge is 0.244 e. The maximum Gasteiger partial charge on any atom is 0.244 e. The number of hydrogen-bond donors (Lipinski definition) is 2. The highest BCUT2D eigenvalue weighted by Gasteiger charge is 2.35. The Morgan fingerprint density at radius 2 is 2.40 bits per heavy atom. The minimum atomic E-state index is -0.470. The van der Waals surface area contributed by atoms with Crippen LogP contribution in [0.2, 0.25) is 0 Å². The Morgan fingerprint density at radius 3 is 3.10 bits per heavy atom. The van der Waals surface area contributed by atoms with Crippen molar-refractivity contribution in [2.24, 2.45) is 0 Å². The van der Waals surface area contributed by atoms with Gasteiger partial charge in [-0.15, -0.1) is 0 Å². The van der Waals surface area contributed by atoms with Gasteiger partial charge in [0, 0.05) is 11.3 Å². The second kappa shape index (κ2) is 5.09. The van der Waals surface area contributed by atoms with Crippen LogP contribution >= 0.6 is 0 Å². The molecule has 0 aliphatic carbocycles. The second-order valence-corrected chi connectivity index (χ2v) is 5.26. The molecule has 0 bridgehead atoms. The molecule has 2 aromatic rings.